The number of fused-ring (bicyclic) bond motifs is 3. The molecule has 0 saturated carbocycles. The number of para-hydroxylation sites is 1. The first-order valence-corrected chi connectivity index (χ1v) is 9.40. The number of hydrogen-bond acceptors (Lipinski definition) is 8. The van der Waals surface area contributed by atoms with Crippen LogP contribution in [-0.4, -0.2) is 50.8 Å². The third-order valence-corrected chi connectivity index (χ3v) is 4.80. The summed E-state index contributed by atoms with van der Waals surface area (Å²) >= 11 is 0. The van der Waals surface area contributed by atoms with E-state index in [0.29, 0.717) is 52.4 Å². The summed E-state index contributed by atoms with van der Waals surface area (Å²) in [5.41, 5.74) is 8.89. The van der Waals surface area contributed by atoms with Crippen LogP contribution < -0.4 is 11.1 Å². The van der Waals surface area contributed by atoms with E-state index in [-0.39, 0.29) is 11.5 Å². The number of aromatic hydroxyl groups is 2. The summed E-state index contributed by atoms with van der Waals surface area (Å²) in [5.74, 6) is -0.445. The van der Waals surface area contributed by atoms with Crippen LogP contribution in [0.5, 0.6) is 11.5 Å². The lowest BCUT2D eigenvalue weighted by molar-refractivity contribution is 0.0602. The Morgan fingerprint density at radius 1 is 1.23 bits per heavy atom. The number of ether oxygens (including phenoxy) is 1. The van der Waals surface area contributed by atoms with Crippen LogP contribution in [0, 0.1) is 0 Å². The lowest BCUT2D eigenvalue weighted by atomic mass is 10.1. The number of rotatable bonds is 6. The van der Waals surface area contributed by atoms with E-state index in [1.807, 2.05) is 10.5 Å². The zero-order chi connectivity index (χ0) is 21.3. The summed E-state index contributed by atoms with van der Waals surface area (Å²) < 4.78 is 6.77. The molecule has 30 heavy (non-hydrogen) atoms. The third-order valence-electron chi connectivity index (χ3n) is 4.80. The van der Waals surface area contributed by atoms with Gasteiger partial charge in [-0.3, -0.25) is 4.40 Å². The molecule has 0 atom stereocenters. The Hall–Kier alpha value is -3.85. The van der Waals surface area contributed by atoms with E-state index in [9.17, 15) is 15.0 Å². The van der Waals surface area contributed by atoms with E-state index in [1.54, 1.807) is 24.4 Å². The van der Waals surface area contributed by atoms with Gasteiger partial charge in [-0.25, -0.2) is 14.8 Å². The molecule has 0 saturated heterocycles. The predicted molar refractivity (Wildman–Crippen MR) is 113 cm³/mol. The molecule has 5 N–H and O–H groups in total. The Kier molecular flexibility index (Phi) is 5.11. The van der Waals surface area contributed by atoms with Crippen LogP contribution in [0.4, 0.5) is 5.82 Å². The summed E-state index contributed by atoms with van der Waals surface area (Å²) in [6, 6.07) is 9.77. The molecule has 4 rings (SSSR count). The molecule has 0 aliphatic rings. The maximum atomic E-state index is 12.3. The predicted octanol–water partition coefficient (Wildman–Crippen LogP) is 2.51. The number of benzene rings is 2. The van der Waals surface area contributed by atoms with Gasteiger partial charge in [-0.1, -0.05) is 6.07 Å². The zero-order valence-electron chi connectivity index (χ0n) is 16.3. The highest BCUT2D eigenvalue weighted by atomic mass is 16.5. The summed E-state index contributed by atoms with van der Waals surface area (Å²) in [6.07, 6.45) is 2.39. The summed E-state index contributed by atoms with van der Waals surface area (Å²) in [4.78, 5) is 21.5. The molecule has 9 nitrogen and oxygen atoms in total. The van der Waals surface area contributed by atoms with Crippen molar-refractivity contribution in [3.8, 4) is 22.8 Å². The maximum absolute atomic E-state index is 12.3. The molecule has 0 radical (unpaired) electrons. The molecule has 0 aliphatic heterocycles. The molecule has 0 spiro atoms. The highest BCUT2D eigenvalue weighted by Crippen LogP contribution is 2.34. The fraction of sp³-hybridized carbons (Fsp3) is 0.190. The zero-order valence-corrected chi connectivity index (χ0v) is 16.3. The Labute approximate surface area is 171 Å². The van der Waals surface area contributed by atoms with Crippen molar-refractivity contribution >= 4 is 28.5 Å². The van der Waals surface area contributed by atoms with E-state index in [0.717, 1.165) is 6.42 Å². The van der Waals surface area contributed by atoms with E-state index >= 15 is 0 Å². The number of anilines is 1. The number of carbonyl (C=O) groups excluding carboxylic acids is 1. The van der Waals surface area contributed by atoms with Gasteiger partial charge < -0.3 is 26.0 Å². The highest BCUT2D eigenvalue weighted by molar-refractivity contribution is 6.03. The van der Waals surface area contributed by atoms with Crippen LogP contribution in [0.3, 0.4) is 0 Å². The Balaban J connectivity index is 2.03. The molecule has 0 unspecified atom stereocenters. The second-order valence-electron chi connectivity index (χ2n) is 6.70. The molecular formula is C21H21N5O4. The second-order valence-corrected chi connectivity index (χ2v) is 6.70. The van der Waals surface area contributed by atoms with Gasteiger partial charge in [0.1, 0.15) is 5.52 Å². The van der Waals surface area contributed by atoms with Crippen LogP contribution in [0.1, 0.15) is 16.8 Å². The van der Waals surface area contributed by atoms with Gasteiger partial charge in [0.2, 0.25) is 0 Å². The smallest absolute Gasteiger partial charge is 0.340 e. The minimum atomic E-state index is -0.496. The van der Waals surface area contributed by atoms with Crippen molar-refractivity contribution in [3.05, 3.63) is 48.2 Å². The molecule has 9 heteroatoms. The maximum Gasteiger partial charge on any atom is 0.340 e. The molecule has 0 fully saturated rings. The van der Waals surface area contributed by atoms with Gasteiger partial charge in [-0.05, 0) is 43.3 Å². The number of methoxy groups -OCH3 is 1. The molecule has 4 aromatic rings. The lowest BCUT2D eigenvalue weighted by Gasteiger charge is -2.13. The number of nitrogens with zero attached hydrogens (tertiary/aromatic N) is 3. The van der Waals surface area contributed by atoms with Crippen LogP contribution in [0.15, 0.2) is 42.6 Å². The van der Waals surface area contributed by atoms with Crippen molar-refractivity contribution in [2.24, 2.45) is 5.73 Å². The van der Waals surface area contributed by atoms with E-state index < -0.39 is 5.97 Å². The van der Waals surface area contributed by atoms with Crippen LogP contribution in [0.25, 0.3) is 27.9 Å². The van der Waals surface area contributed by atoms with Gasteiger partial charge in [-0.2, -0.15) is 0 Å². The molecule has 0 amide bonds. The number of hydrogen-bond donors (Lipinski definition) is 4. The average Bonchev–Trinajstić information content (AvgIpc) is 3.20. The fourth-order valence-corrected chi connectivity index (χ4v) is 3.34. The first-order valence-electron chi connectivity index (χ1n) is 9.40. The van der Waals surface area contributed by atoms with E-state index in [1.165, 1.54) is 19.2 Å². The second kappa shape index (κ2) is 7.88. The lowest BCUT2D eigenvalue weighted by Crippen LogP contribution is -2.12. The number of imidazole rings is 1. The number of nitrogens with two attached hydrogens (primary N) is 1. The van der Waals surface area contributed by atoms with Gasteiger partial charge >= 0.3 is 5.97 Å². The fourth-order valence-electron chi connectivity index (χ4n) is 3.34. The summed E-state index contributed by atoms with van der Waals surface area (Å²) in [6.45, 7) is 1.12. The third kappa shape index (κ3) is 3.25. The number of nitrogens with one attached hydrogen (secondary N) is 1. The number of phenols is 2. The average molecular weight is 407 g/mol. The molecule has 2 aromatic heterocycles. The topological polar surface area (TPSA) is 135 Å². The normalized spacial score (nSPS) is 11.1. The van der Waals surface area contributed by atoms with Crippen molar-refractivity contribution in [1.29, 1.82) is 0 Å². The summed E-state index contributed by atoms with van der Waals surface area (Å²) in [7, 11) is 1.32. The minimum Gasteiger partial charge on any atom is -0.504 e. The Morgan fingerprint density at radius 3 is 2.80 bits per heavy atom. The molecule has 0 aliphatic carbocycles. The van der Waals surface area contributed by atoms with Crippen molar-refractivity contribution < 1.29 is 19.7 Å². The van der Waals surface area contributed by atoms with Gasteiger partial charge in [0.25, 0.3) is 0 Å². The number of aromatic nitrogens is 3. The molecule has 2 heterocycles. The number of phenolic OH excluding ortho intramolecular Hbond substituents is 2. The number of esters is 1. The molecule has 2 aromatic carbocycles. The first-order chi connectivity index (χ1) is 14.5. The highest BCUT2D eigenvalue weighted by Gasteiger charge is 2.19. The SMILES string of the molecule is COC(=O)c1cccc2c1nc(NCCCN)c1ncc(-c3ccc(O)c(O)c3)n12. The Bertz CT molecular complexity index is 1250. The van der Waals surface area contributed by atoms with Crippen molar-refractivity contribution in [1.82, 2.24) is 14.4 Å². The van der Waals surface area contributed by atoms with E-state index in [4.69, 9.17) is 10.5 Å². The van der Waals surface area contributed by atoms with Crippen molar-refractivity contribution in [2.75, 3.05) is 25.5 Å². The Morgan fingerprint density at radius 2 is 2.07 bits per heavy atom. The molecule has 0 bridgehead atoms. The standard InChI is InChI=1S/C21H21N5O4/c1-30-21(29)13-4-2-5-14-18(13)25-19(23-9-3-8-22)20-24-11-15(26(14)20)12-6-7-16(27)17(28)10-12/h2,4-7,10-11,27-28H,3,8-9,22H2,1H3,(H,23,25). The van der Waals surface area contributed by atoms with Crippen LogP contribution >= 0.6 is 0 Å². The monoisotopic (exact) mass is 407 g/mol. The number of carbonyl (C=O) groups is 1. The van der Waals surface area contributed by atoms with Crippen LogP contribution in [-0.2, 0) is 4.74 Å². The molecule has 154 valence electrons. The summed E-state index contributed by atoms with van der Waals surface area (Å²) in [5, 5.41) is 22.8. The quantitative estimate of drug-likeness (QED) is 0.218. The van der Waals surface area contributed by atoms with E-state index in [2.05, 4.69) is 15.3 Å². The van der Waals surface area contributed by atoms with Crippen molar-refractivity contribution in [2.45, 2.75) is 6.42 Å². The molecular weight excluding hydrogens is 386 g/mol. The largest absolute Gasteiger partial charge is 0.504 e. The van der Waals surface area contributed by atoms with Gasteiger partial charge in [0.15, 0.2) is 23.0 Å². The van der Waals surface area contributed by atoms with Gasteiger partial charge in [0, 0.05) is 12.1 Å². The van der Waals surface area contributed by atoms with Crippen molar-refractivity contribution in [3.63, 3.8) is 0 Å². The first kappa shape index (κ1) is 19.5. The minimum absolute atomic E-state index is 0.212. The van der Waals surface area contributed by atoms with Gasteiger partial charge in [0.05, 0.1) is 30.1 Å². The van der Waals surface area contributed by atoms with Gasteiger partial charge in [-0.15, -0.1) is 0 Å². The van der Waals surface area contributed by atoms with Crippen LogP contribution in [0.2, 0.25) is 0 Å².